The van der Waals surface area contributed by atoms with Crippen LogP contribution in [0.3, 0.4) is 0 Å². The molecule has 0 aromatic heterocycles. The molecule has 1 heterocycles. The lowest BCUT2D eigenvalue weighted by Crippen LogP contribution is -2.46. The summed E-state index contributed by atoms with van der Waals surface area (Å²) in [5.41, 5.74) is 5.77. The molecule has 1 aliphatic heterocycles. The Balaban J connectivity index is 2.11. The van der Waals surface area contributed by atoms with Gasteiger partial charge in [0.05, 0.1) is 9.81 Å². The zero-order valence-electron chi connectivity index (χ0n) is 15.5. The Morgan fingerprint density at radius 3 is 2.71 bits per heavy atom. The van der Waals surface area contributed by atoms with Gasteiger partial charge in [-0.15, -0.1) is 0 Å². The number of primary amides is 1. The molecule has 1 aromatic rings. The standard InChI is InChI=1S/C20H23FN4O2S/c1-2-17(10-7-14-5-8-15(21)9-6-14)28-18(13-24-20(22)27)19(26)25-16-4-3-11-23-12-16/h2,5-6,8-9,13,16,23H,3-4,11-12H2,1H3,(H,25,26)(H3,22,24,27)/b17-2-,18-13+/t16-/m0/s1. The van der Waals surface area contributed by atoms with E-state index in [9.17, 15) is 14.0 Å². The van der Waals surface area contributed by atoms with E-state index in [-0.39, 0.29) is 22.7 Å². The molecule has 0 saturated carbocycles. The molecule has 1 fully saturated rings. The van der Waals surface area contributed by atoms with Crippen LogP contribution in [0.4, 0.5) is 9.18 Å². The van der Waals surface area contributed by atoms with Crippen LogP contribution in [-0.2, 0) is 4.79 Å². The van der Waals surface area contributed by atoms with Crippen molar-refractivity contribution in [2.75, 3.05) is 13.1 Å². The molecule has 0 aliphatic carbocycles. The Hall–Kier alpha value is -2.76. The Morgan fingerprint density at radius 2 is 2.11 bits per heavy atom. The fraction of sp³-hybridized carbons (Fsp3) is 0.300. The van der Waals surface area contributed by atoms with Crippen LogP contribution in [0, 0.1) is 17.7 Å². The van der Waals surface area contributed by atoms with Crippen molar-refractivity contribution in [3.8, 4) is 11.8 Å². The van der Waals surface area contributed by atoms with Crippen LogP contribution in [0.1, 0.15) is 25.3 Å². The van der Waals surface area contributed by atoms with Gasteiger partial charge in [-0.2, -0.15) is 0 Å². The first-order valence-electron chi connectivity index (χ1n) is 8.87. The fourth-order valence-corrected chi connectivity index (χ4v) is 3.18. The van der Waals surface area contributed by atoms with Gasteiger partial charge in [0.1, 0.15) is 5.82 Å². The molecule has 1 aromatic carbocycles. The number of amides is 3. The summed E-state index contributed by atoms with van der Waals surface area (Å²) in [4.78, 5) is 24.6. The fourth-order valence-electron chi connectivity index (χ4n) is 2.45. The third kappa shape index (κ3) is 7.47. The highest BCUT2D eigenvalue weighted by molar-refractivity contribution is 8.07. The molecule has 1 atom stereocenters. The number of carbonyl (C=O) groups excluding carboxylic acids is 2. The van der Waals surface area contributed by atoms with Crippen molar-refractivity contribution >= 4 is 23.7 Å². The molecular formula is C20H23FN4O2S. The normalized spacial score (nSPS) is 17.3. The average Bonchev–Trinajstić information content (AvgIpc) is 2.69. The van der Waals surface area contributed by atoms with Crippen LogP contribution in [0.5, 0.6) is 0 Å². The highest BCUT2D eigenvalue weighted by Crippen LogP contribution is 2.25. The summed E-state index contributed by atoms with van der Waals surface area (Å²) < 4.78 is 13.0. The molecule has 0 radical (unpaired) electrons. The van der Waals surface area contributed by atoms with Crippen LogP contribution < -0.4 is 21.7 Å². The number of allylic oxidation sites excluding steroid dienone is 2. The van der Waals surface area contributed by atoms with E-state index in [0.717, 1.165) is 31.1 Å². The number of nitrogens with two attached hydrogens (primary N) is 1. The second-order valence-electron chi connectivity index (χ2n) is 6.05. The highest BCUT2D eigenvalue weighted by Gasteiger charge is 2.19. The molecule has 0 bridgehead atoms. The number of carbonyl (C=O) groups is 2. The minimum absolute atomic E-state index is 0.0261. The molecule has 1 saturated heterocycles. The summed E-state index contributed by atoms with van der Waals surface area (Å²) >= 11 is 1.12. The predicted octanol–water partition coefficient (Wildman–Crippen LogP) is 2.19. The maximum Gasteiger partial charge on any atom is 0.316 e. The Labute approximate surface area is 168 Å². The minimum Gasteiger partial charge on any atom is -0.351 e. The molecule has 0 spiro atoms. The summed E-state index contributed by atoms with van der Waals surface area (Å²) in [5, 5.41) is 8.52. The maximum absolute atomic E-state index is 13.0. The van der Waals surface area contributed by atoms with Crippen molar-refractivity contribution in [3.63, 3.8) is 0 Å². The Bertz CT molecular complexity index is 819. The van der Waals surface area contributed by atoms with Gasteiger partial charge in [-0.3, -0.25) is 4.79 Å². The predicted molar refractivity (Wildman–Crippen MR) is 109 cm³/mol. The number of thioether (sulfide) groups is 1. The number of piperidine rings is 1. The zero-order valence-corrected chi connectivity index (χ0v) is 16.4. The second kappa shape index (κ2) is 11.2. The largest absolute Gasteiger partial charge is 0.351 e. The zero-order chi connectivity index (χ0) is 20.4. The number of hydrogen-bond acceptors (Lipinski definition) is 4. The lowest BCUT2D eigenvalue weighted by Gasteiger charge is -2.24. The Kier molecular flexibility index (Phi) is 8.59. The second-order valence-corrected chi connectivity index (χ2v) is 7.13. The molecule has 0 unspecified atom stereocenters. The summed E-state index contributed by atoms with van der Waals surface area (Å²) in [5.74, 6) is 5.24. The highest BCUT2D eigenvalue weighted by atomic mass is 32.2. The van der Waals surface area contributed by atoms with Gasteiger partial charge in [0.25, 0.3) is 5.91 Å². The first-order valence-corrected chi connectivity index (χ1v) is 9.69. The van der Waals surface area contributed by atoms with Crippen molar-refractivity contribution in [1.82, 2.24) is 16.0 Å². The number of nitrogens with one attached hydrogen (secondary N) is 3. The van der Waals surface area contributed by atoms with E-state index in [0.29, 0.717) is 17.0 Å². The summed E-state index contributed by atoms with van der Waals surface area (Å²) in [6.45, 7) is 3.44. The van der Waals surface area contributed by atoms with Crippen LogP contribution in [0.15, 0.2) is 46.4 Å². The van der Waals surface area contributed by atoms with E-state index >= 15 is 0 Å². The van der Waals surface area contributed by atoms with Crippen LogP contribution in [-0.4, -0.2) is 31.1 Å². The quantitative estimate of drug-likeness (QED) is 0.448. The number of urea groups is 1. The van der Waals surface area contributed by atoms with Gasteiger partial charge in [0.15, 0.2) is 0 Å². The summed E-state index contributed by atoms with van der Waals surface area (Å²) in [6, 6.07) is 5.09. The van der Waals surface area contributed by atoms with Crippen LogP contribution in [0.2, 0.25) is 0 Å². The van der Waals surface area contributed by atoms with Gasteiger partial charge in [-0.05, 0) is 50.6 Å². The van der Waals surface area contributed by atoms with Crippen molar-refractivity contribution in [2.45, 2.75) is 25.8 Å². The van der Waals surface area contributed by atoms with Gasteiger partial charge in [-0.1, -0.05) is 29.7 Å². The van der Waals surface area contributed by atoms with E-state index in [1.165, 1.54) is 18.3 Å². The average molecular weight is 402 g/mol. The van der Waals surface area contributed by atoms with Crippen molar-refractivity contribution in [2.24, 2.45) is 5.73 Å². The van der Waals surface area contributed by atoms with E-state index in [1.807, 2.05) is 0 Å². The first-order chi connectivity index (χ1) is 13.5. The van der Waals surface area contributed by atoms with Crippen molar-refractivity contribution in [3.05, 3.63) is 57.7 Å². The molecule has 148 valence electrons. The molecule has 2 rings (SSSR count). The SMILES string of the molecule is C/C=C(/C#Cc1ccc(F)cc1)S/C(=C/NC(N)=O)C(=O)N[C@H]1CCCNC1. The summed E-state index contributed by atoms with van der Waals surface area (Å²) in [6.07, 6.45) is 4.91. The molecule has 8 heteroatoms. The summed E-state index contributed by atoms with van der Waals surface area (Å²) in [7, 11) is 0. The number of hydrogen-bond donors (Lipinski definition) is 4. The van der Waals surface area contributed by atoms with Crippen LogP contribution in [0.25, 0.3) is 0 Å². The lowest BCUT2D eigenvalue weighted by atomic mass is 10.1. The van der Waals surface area contributed by atoms with Gasteiger partial charge in [0, 0.05) is 24.4 Å². The number of halogens is 1. The lowest BCUT2D eigenvalue weighted by molar-refractivity contribution is -0.117. The van der Waals surface area contributed by atoms with Crippen LogP contribution >= 0.6 is 11.8 Å². The molecule has 1 aliphatic rings. The minimum atomic E-state index is -0.760. The van der Waals surface area contributed by atoms with Gasteiger partial charge in [-0.25, -0.2) is 9.18 Å². The first kappa shape index (κ1) is 21.5. The molecule has 5 N–H and O–H groups in total. The van der Waals surface area contributed by atoms with E-state index in [1.54, 1.807) is 25.1 Å². The topological polar surface area (TPSA) is 96.2 Å². The van der Waals surface area contributed by atoms with E-state index in [2.05, 4.69) is 27.8 Å². The van der Waals surface area contributed by atoms with Gasteiger partial charge in [0.2, 0.25) is 0 Å². The number of rotatable bonds is 5. The molecule has 28 heavy (non-hydrogen) atoms. The molecule has 3 amide bonds. The number of benzene rings is 1. The molecule has 6 nitrogen and oxygen atoms in total. The monoisotopic (exact) mass is 402 g/mol. The van der Waals surface area contributed by atoms with E-state index < -0.39 is 6.03 Å². The third-order valence-electron chi connectivity index (χ3n) is 3.86. The Morgan fingerprint density at radius 1 is 1.36 bits per heavy atom. The van der Waals surface area contributed by atoms with Gasteiger partial charge >= 0.3 is 6.03 Å². The van der Waals surface area contributed by atoms with Crippen molar-refractivity contribution in [1.29, 1.82) is 0 Å². The van der Waals surface area contributed by atoms with E-state index in [4.69, 9.17) is 5.73 Å². The maximum atomic E-state index is 13.0. The smallest absolute Gasteiger partial charge is 0.316 e. The molecular weight excluding hydrogens is 379 g/mol. The van der Waals surface area contributed by atoms with Gasteiger partial charge < -0.3 is 21.7 Å². The van der Waals surface area contributed by atoms with Crippen molar-refractivity contribution < 1.29 is 14.0 Å². The third-order valence-corrected chi connectivity index (χ3v) is 4.94.